The fourth-order valence-electron chi connectivity index (χ4n) is 3.83. The summed E-state index contributed by atoms with van der Waals surface area (Å²) in [7, 11) is -3.64. The summed E-state index contributed by atoms with van der Waals surface area (Å²) in [5.74, 6) is -0.0266. The highest BCUT2D eigenvalue weighted by atomic mass is 32.2. The number of hydrogen-bond acceptors (Lipinski definition) is 5. The number of nitrogens with one attached hydrogen (secondary N) is 1. The lowest BCUT2D eigenvalue weighted by Crippen LogP contribution is -2.47. The van der Waals surface area contributed by atoms with Gasteiger partial charge in [0.05, 0.1) is 18.1 Å². The van der Waals surface area contributed by atoms with Gasteiger partial charge in [-0.05, 0) is 42.5 Å². The van der Waals surface area contributed by atoms with E-state index in [2.05, 4.69) is 4.98 Å². The second-order valence-electron chi connectivity index (χ2n) is 7.19. The molecule has 4 rings (SSSR count). The van der Waals surface area contributed by atoms with Crippen LogP contribution < -0.4 is 5.56 Å². The molecule has 2 aliphatic heterocycles. The molecule has 2 saturated heterocycles. The molecule has 0 unspecified atom stereocenters. The predicted octanol–water partition coefficient (Wildman–Crippen LogP) is 0.788. The normalized spacial score (nSPS) is 19.8. The van der Waals surface area contributed by atoms with Crippen LogP contribution in [-0.2, 0) is 19.6 Å². The maximum atomic E-state index is 13.0. The summed E-state index contributed by atoms with van der Waals surface area (Å²) in [4.78, 5) is 28.7. The number of nitrogens with zero attached hydrogens (tertiary/aromatic N) is 2. The van der Waals surface area contributed by atoms with Crippen molar-refractivity contribution in [1.29, 1.82) is 0 Å². The lowest BCUT2D eigenvalue weighted by atomic mass is 9.96. The number of aromatic amines is 1. The van der Waals surface area contributed by atoms with Crippen molar-refractivity contribution in [2.75, 3.05) is 39.4 Å². The molecule has 2 aliphatic rings. The van der Waals surface area contributed by atoms with Gasteiger partial charge in [-0.25, -0.2) is 8.42 Å². The zero-order chi connectivity index (χ0) is 19.7. The van der Waals surface area contributed by atoms with Crippen molar-refractivity contribution in [3.8, 4) is 0 Å². The van der Waals surface area contributed by atoms with E-state index in [0.717, 1.165) is 0 Å². The quantitative estimate of drug-likeness (QED) is 0.814. The molecule has 1 N–H and O–H groups in total. The molecule has 0 atom stereocenters. The van der Waals surface area contributed by atoms with Gasteiger partial charge >= 0.3 is 0 Å². The van der Waals surface area contributed by atoms with Crippen molar-refractivity contribution < 1.29 is 17.9 Å². The van der Waals surface area contributed by atoms with Crippen LogP contribution in [0.1, 0.15) is 12.8 Å². The van der Waals surface area contributed by atoms with Crippen LogP contribution >= 0.6 is 0 Å². The molecule has 3 heterocycles. The van der Waals surface area contributed by atoms with Crippen LogP contribution in [0.15, 0.2) is 40.0 Å². The molecular formula is C19H23N3O5S. The molecular weight excluding hydrogens is 382 g/mol. The first-order valence-corrected chi connectivity index (χ1v) is 10.9. The minimum absolute atomic E-state index is 0.106. The van der Waals surface area contributed by atoms with Crippen molar-refractivity contribution in [3.63, 3.8) is 0 Å². The van der Waals surface area contributed by atoms with Crippen LogP contribution in [-0.4, -0.2) is 67.9 Å². The highest BCUT2D eigenvalue weighted by Gasteiger charge is 2.34. The van der Waals surface area contributed by atoms with Gasteiger partial charge in [0.1, 0.15) is 0 Å². The Labute approximate surface area is 163 Å². The molecule has 2 fully saturated rings. The summed E-state index contributed by atoms with van der Waals surface area (Å²) in [5, 5.41) is 0.665. The number of benzene rings is 1. The van der Waals surface area contributed by atoms with Crippen LogP contribution in [0.3, 0.4) is 0 Å². The molecule has 1 amide bonds. The number of amides is 1. The standard InChI is InChI=1S/C19H23N3O5S/c23-18-4-1-15-13-16(2-3-17(15)20-18)28(25,26)22-7-5-14(6-8-22)19(24)21-9-11-27-12-10-21/h1-4,13-14H,5-12H2,(H,20,23). The van der Waals surface area contributed by atoms with Crippen LogP contribution in [0.5, 0.6) is 0 Å². The number of carbonyl (C=O) groups excluding carboxylic acids is 1. The van der Waals surface area contributed by atoms with Gasteiger partial charge in [-0.15, -0.1) is 0 Å². The number of carbonyl (C=O) groups is 1. The smallest absolute Gasteiger partial charge is 0.248 e. The van der Waals surface area contributed by atoms with Gasteiger partial charge in [0.25, 0.3) is 0 Å². The van der Waals surface area contributed by atoms with E-state index in [-0.39, 0.29) is 22.3 Å². The van der Waals surface area contributed by atoms with Crippen molar-refractivity contribution >= 4 is 26.8 Å². The second-order valence-corrected chi connectivity index (χ2v) is 9.13. The van der Waals surface area contributed by atoms with Crippen molar-refractivity contribution in [2.45, 2.75) is 17.7 Å². The number of piperidine rings is 1. The average molecular weight is 405 g/mol. The molecule has 0 aliphatic carbocycles. The first kappa shape index (κ1) is 19.1. The number of H-pyrrole nitrogens is 1. The maximum absolute atomic E-state index is 13.0. The summed E-state index contributed by atoms with van der Waals surface area (Å²) in [6, 6.07) is 7.68. The van der Waals surface area contributed by atoms with Crippen molar-refractivity contribution in [3.05, 3.63) is 40.7 Å². The van der Waals surface area contributed by atoms with Gasteiger partial charge in [0, 0.05) is 43.7 Å². The number of pyridine rings is 1. The highest BCUT2D eigenvalue weighted by molar-refractivity contribution is 7.89. The van der Waals surface area contributed by atoms with E-state index in [0.29, 0.717) is 63.1 Å². The van der Waals surface area contributed by atoms with Gasteiger partial charge in [-0.1, -0.05) is 0 Å². The van der Waals surface area contributed by atoms with E-state index in [1.807, 2.05) is 4.90 Å². The molecule has 1 aromatic carbocycles. The third-order valence-electron chi connectivity index (χ3n) is 5.46. The Morgan fingerprint density at radius 2 is 1.75 bits per heavy atom. The number of ether oxygens (including phenoxy) is 1. The first-order chi connectivity index (χ1) is 13.4. The van der Waals surface area contributed by atoms with Gasteiger partial charge in [-0.3, -0.25) is 9.59 Å². The van der Waals surface area contributed by atoms with Crippen molar-refractivity contribution in [1.82, 2.24) is 14.2 Å². The van der Waals surface area contributed by atoms with E-state index in [1.165, 1.54) is 16.4 Å². The Bertz CT molecular complexity index is 1030. The van der Waals surface area contributed by atoms with E-state index >= 15 is 0 Å². The Kier molecular flexibility index (Phi) is 5.22. The summed E-state index contributed by atoms with van der Waals surface area (Å²) in [5.41, 5.74) is 0.372. The Morgan fingerprint density at radius 1 is 1.04 bits per heavy atom. The topological polar surface area (TPSA) is 99.8 Å². The largest absolute Gasteiger partial charge is 0.378 e. The molecule has 0 saturated carbocycles. The number of fused-ring (bicyclic) bond motifs is 1. The zero-order valence-corrected chi connectivity index (χ0v) is 16.3. The van der Waals surface area contributed by atoms with Gasteiger partial charge in [0.2, 0.25) is 21.5 Å². The molecule has 9 heteroatoms. The van der Waals surface area contributed by atoms with Crippen LogP contribution in [0.25, 0.3) is 10.9 Å². The molecule has 8 nitrogen and oxygen atoms in total. The summed E-state index contributed by atoms with van der Waals surface area (Å²) in [6.07, 6.45) is 1.05. The third-order valence-corrected chi connectivity index (χ3v) is 7.35. The molecule has 28 heavy (non-hydrogen) atoms. The number of rotatable bonds is 3. The first-order valence-electron chi connectivity index (χ1n) is 9.45. The molecule has 150 valence electrons. The number of sulfonamides is 1. The van der Waals surface area contributed by atoms with Gasteiger partial charge in [0.15, 0.2) is 0 Å². The van der Waals surface area contributed by atoms with E-state index in [1.54, 1.807) is 18.2 Å². The second kappa shape index (κ2) is 7.65. The molecule has 0 bridgehead atoms. The summed E-state index contributed by atoms with van der Waals surface area (Å²) < 4.78 is 32.8. The van der Waals surface area contributed by atoms with Gasteiger partial charge < -0.3 is 14.6 Å². The average Bonchev–Trinajstić information content (AvgIpc) is 2.73. The molecule has 0 radical (unpaired) electrons. The number of morpholine rings is 1. The van der Waals surface area contributed by atoms with Crippen LogP contribution in [0.4, 0.5) is 0 Å². The molecule has 0 spiro atoms. The lowest BCUT2D eigenvalue weighted by Gasteiger charge is -2.35. The predicted molar refractivity (Wildman–Crippen MR) is 103 cm³/mol. The fourth-order valence-corrected chi connectivity index (χ4v) is 5.33. The Morgan fingerprint density at radius 3 is 2.46 bits per heavy atom. The van der Waals surface area contributed by atoms with Crippen LogP contribution in [0.2, 0.25) is 0 Å². The van der Waals surface area contributed by atoms with Crippen LogP contribution in [0, 0.1) is 5.92 Å². The summed E-state index contributed by atoms with van der Waals surface area (Å²) in [6.45, 7) is 2.99. The minimum Gasteiger partial charge on any atom is -0.378 e. The third kappa shape index (κ3) is 3.69. The molecule has 1 aromatic heterocycles. The number of aromatic nitrogens is 1. The Balaban J connectivity index is 1.46. The highest BCUT2D eigenvalue weighted by Crippen LogP contribution is 2.26. The zero-order valence-electron chi connectivity index (χ0n) is 15.5. The fraction of sp³-hybridized carbons (Fsp3) is 0.474. The van der Waals surface area contributed by atoms with E-state index in [4.69, 9.17) is 4.74 Å². The summed E-state index contributed by atoms with van der Waals surface area (Å²) >= 11 is 0. The monoisotopic (exact) mass is 405 g/mol. The lowest BCUT2D eigenvalue weighted by molar-refractivity contribution is -0.140. The molecule has 2 aromatic rings. The van der Waals surface area contributed by atoms with Gasteiger partial charge in [-0.2, -0.15) is 4.31 Å². The Hall–Kier alpha value is -2.23. The maximum Gasteiger partial charge on any atom is 0.248 e. The number of hydrogen-bond donors (Lipinski definition) is 1. The minimum atomic E-state index is -3.64. The van der Waals surface area contributed by atoms with E-state index < -0.39 is 10.0 Å². The van der Waals surface area contributed by atoms with Crippen molar-refractivity contribution in [2.24, 2.45) is 5.92 Å². The van der Waals surface area contributed by atoms with E-state index in [9.17, 15) is 18.0 Å². The SMILES string of the molecule is O=C(C1CCN(S(=O)(=O)c2ccc3[nH]c(=O)ccc3c2)CC1)N1CCOCC1.